The Bertz CT molecular complexity index is 526. The molecule has 0 aliphatic heterocycles. The largest absolute Gasteiger partial charge is 0.342 e. The molecule has 1 N–H and O–H groups in total. The van der Waals surface area contributed by atoms with Crippen molar-refractivity contribution >= 4 is 23.7 Å². The van der Waals surface area contributed by atoms with E-state index in [1.807, 2.05) is 0 Å². The first-order valence-corrected chi connectivity index (χ1v) is 7.59. The number of H-pyrrole nitrogens is 1. The fourth-order valence-electron chi connectivity index (χ4n) is 2.93. The third kappa shape index (κ3) is 2.41. The first kappa shape index (κ1) is 12.1. The first-order valence-electron chi connectivity index (χ1n) is 6.96. The van der Waals surface area contributed by atoms with Crippen molar-refractivity contribution in [2.75, 3.05) is 5.75 Å². The van der Waals surface area contributed by atoms with E-state index < -0.39 is 0 Å². The smallest absolute Gasteiger partial charge is 0.110 e. The van der Waals surface area contributed by atoms with Crippen molar-refractivity contribution in [1.29, 1.82) is 0 Å². The first-order chi connectivity index (χ1) is 8.86. The van der Waals surface area contributed by atoms with Gasteiger partial charge in [0.05, 0.1) is 11.0 Å². The van der Waals surface area contributed by atoms with Crippen LogP contribution < -0.4 is 0 Å². The lowest BCUT2D eigenvalue weighted by Crippen LogP contribution is -2.05. The van der Waals surface area contributed by atoms with Gasteiger partial charge in [-0.15, -0.1) is 0 Å². The Balaban J connectivity index is 1.89. The van der Waals surface area contributed by atoms with Gasteiger partial charge in [0.1, 0.15) is 5.82 Å². The molecule has 0 spiro atoms. The van der Waals surface area contributed by atoms with Crippen LogP contribution in [0.25, 0.3) is 11.0 Å². The van der Waals surface area contributed by atoms with E-state index in [-0.39, 0.29) is 0 Å². The molecule has 1 heterocycles. The van der Waals surface area contributed by atoms with Crippen molar-refractivity contribution in [1.82, 2.24) is 9.97 Å². The van der Waals surface area contributed by atoms with E-state index >= 15 is 0 Å². The van der Waals surface area contributed by atoms with Gasteiger partial charge in [-0.3, -0.25) is 0 Å². The Kier molecular flexibility index (Phi) is 3.59. The molecule has 1 aliphatic rings. The van der Waals surface area contributed by atoms with Gasteiger partial charge in [-0.1, -0.05) is 25.3 Å². The molecule has 0 saturated heterocycles. The maximum absolute atomic E-state index is 4.76. The fourth-order valence-corrected chi connectivity index (χ4v) is 3.19. The number of hydrogen-bond acceptors (Lipinski definition) is 2. The third-order valence-electron chi connectivity index (χ3n) is 3.96. The molecule has 0 atom stereocenters. The molecule has 1 aliphatic carbocycles. The van der Waals surface area contributed by atoms with Crippen molar-refractivity contribution in [3.05, 3.63) is 29.6 Å². The summed E-state index contributed by atoms with van der Waals surface area (Å²) >= 11 is 4.29. The Morgan fingerprint density at radius 1 is 1.22 bits per heavy atom. The number of fused-ring (bicyclic) bond motifs is 1. The van der Waals surface area contributed by atoms with Crippen LogP contribution in [0.1, 0.15) is 49.4 Å². The minimum absolute atomic E-state index is 0.652. The number of nitrogens with zero attached hydrogens (tertiary/aromatic N) is 1. The average Bonchev–Trinajstić information content (AvgIpc) is 2.83. The molecule has 2 nitrogen and oxygen atoms in total. The predicted molar refractivity (Wildman–Crippen MR) is 79.5 cm³/mol. The SMILES string of the molecule is SCCc1ccc2nc(C3CCCCC3)[nH]c2c1. The molecule has 1 saturated carbocycles. The van der Waals surface area contributed by atoms with E-state index in [0.717, 1.165) is 17.7 Å². The van der Waals surface area contributed by atoms with Crippen LogP contribution in [-0.4, -0.2) is 15.7 Å². The second kappa shape index (κ2) is 5.35. The summed E-state index contributed by atoms with van der Waals surface area (Å²) in [5.41, 5.74) is 3.64. The quantitative estimate of drug-likeness (QED) is 0.800. The van der Waals surface area contributed by atoms with Gasteiger partial charge in [0.25, 0.3) is 0 Å². The molecule has 1 aromatic heterocycles. The summed E-state index contributed by atoms with van der Waals surface area (Å²) in [6.45, 7) is 0. The second-order valence-corrected chi connectivity index (χ2v) is 5.73. The summed E-state index contributed by atoms with van der Waals surface area (Å²) in [6.07, 6.45) is 7.71. The summed E-state index contributed by atoms with van der Waals surface area (Å²) in [5.74, 6) is 2.75. The van der Waals surface area contributed by atoms with E-state index in [4.69, 9.17) is 4.98 Å². The molecule has 0 unspecified atom stereocenters. The average molecular weight is 260 g/mol. The monoisotopic (exact) mass is 260 g/mol. The van der Waals surface area contributed by atoms with Crippen molar-refractivity contribution in [3.8, 4) is 0 Å². The highest BCUT2D eigenvalue weighted by Crippen LogP contribution is 2.32. The Morgan fingerprint density at radius 2 is 2.06 bits per heavy atom. The maximum Gasteiger partial charge on any atom is 0.110 e. The summed E-state index contributed by atoms with van der Waals surface area (Å²) in [4.78, 5) is 8.29. The molecule has 1 aromatic carbocycles. The number of aryl methyl sites for hydroxylation is 1. The second-order valence-electron chi connectivity index (χ2n) is 5.28. The zero-order valence-electron chi connectivity index (χ0n) is 10.7. The van der Waals surface area contributed by atoms with Crippen molar-refractivity contribution < 1.29 is 0 Å². The number of nitrogens with one attached hydrogen (secondary N) is 1. The molecule has 0 amide bonds. The van der Waals surface area contributed by atoms with Gasteiger partial charge >= 0.3 is 0 Å². The summed E-state index contributed by atoms with van der Waals surface area (Å²) in [7, 11) is 0. The van der Waals surface area contributed by atoms with Crippen LogP contribution in [0.2, 0.25) is 0 Å². The van der Waals surface area contributed by atoms with Crippen LogP contribution in [0, 0.1) is 0 Å². The normalized spacial score (nSPS) is 17.4. The number of rotatable bonds is 3. The molecule has 18 heavy (non-hydrogen) atoms. The van der Waals surface area contributed by atoms with Crippen molar-refractivity contribution in [2.45, 2.75) is 44.4 Å². The lowest BCUT2D eigenvalue weighted by Gasteiger charge is -2.18. The topological polar surface area (TPSA) is 28.7 Å². The highest BCUT2D eigenvalue weighted by atomic mass is 32.1. The highest BCUT2D eigenvalue weighted by Gasteiger charge is 2.18. The van der Waals surface area contributed by atoms with Crippen molar-refractivity contribution in [2.24, 2.45) is 0 Å². The zero-order valence-corrected chi connectivity index (χ0v) is 11.5. The van der Waals surface area contributed by atoms with Crippen LogP contribution in [0.15, 0.2) is 18.2 Å². The minimum atomic E-state index is 0.652. The molecule has 3 heteroatoms. The van der Waals surface area contributed by atoms with Gasteiger partial charge < -0.3 is 4.98 Å². The molecule has 2 aromatic rings. The Morgan fingerprint density at radius 3 is 2.83 bits per heavy atom. The fraction of sp³-hybridized carbons (Fsp3) is 0.533. The molecular formula is C15H20N2S. The number of thiol groups is 1. The van der Waals surface area contributed by atoms with E-state index in [1.165, 1.54) is 49.0 Å². The van der Waals surface area contributed by atoms with Gasteiger partial charge in [-0.25, -0.2) is 4.98 Å². The van der Waals surface area contributed by atoms with Crippen LogP contribution in [-0.2, 0) is 6.42 Å². The predicted octanol–water partition coefficient (Wildman–Crippen LogP) is 4.08. The zero-order chi connectivity index (χ0) is 12.4. The van der Waals surface area contributed by atoms with Gasteiger partial charge in [0, 0.05) is 5.92 Å². The molecule has 1 fully saturated rings. The lowest BCUT2D eigenvalue weighted by molar-refractivity contribution is 0.431. The van der Waals surface area contributed by atoms with Crippen LogP contribution >= 0.6 is 12.6 Å². The van der Waals surface area contributed by atoms with Crippen LogP contribution in [0.5, 0.6) is 0 Å². The molecule has 96 valence electrons. The minimum Gasteiger partial charge on any atom is -0.342 e. The van der Waals surface area contributed by atoms with E-state index in [9.17, 15) is 0 Å². The number of aromatic amines is 1. The molecule has 3 rings (SSSR count). The van der Waals surface area contributed by atoms with Gasteiger partial charge in [0.15, 0.2) is 0 Å². The number of aromatic nitrogens is 2. The van der Waals surface area contributed by atoms with Crippen molar-refractivity contribution in [3.63, 3.8) is 0 Å². The lowest BCUT2D eigenvalue weighted by atomic mass is 9.89. The van der Waals surface area contributed by atoms with E-state index in [0.29, 0.717) is 5.92 Å². The van der Waals surface area contributed by atoms with Gasteiger partial charge in [-0.2, -0.15) is 12.6 Å². The van der Waals surface area contributed by atoms with E-state index in [1.54, 1.807) is 0 Å². The molecular weight excluding hydrogens is 240 g/mol. The maximum atomic E-state index is 4.76. The Hall–Kier alpha value is -0.960. The third-order valence-corrected chi connectivity index (χ3v) is 4.18. The summed E-state index contributed by atoms with van der Waals surface area (Å²) in [5, 5.41) is 0. The highest BCUT2D eigenvalue weighted by molar-refractivity contribution is 7.80. The summed E-state index contributed by atoms with van der Waals surface area (Å²) < 4.78 is 0. The number of imidazole rings is 1. The summed E-state index contributed by atoms with van der Waals surface area (Å²) in [6, 6.07) is 6.53. The number of benzene rings is 1. The molecule has 0 bridgehead atoms. The standard InChI is InChI=1S/C15H20N2S/c18-9-8-11-6-7-13-14(10-11)17-15(16-13)12-4-2-1-3-5-12/h6-7,10,12,18H,1-5,8-9H2,(H,16,17). The van der Waals surface area contributed by atoms with Gasteiger partial charge in [-0.05, 0) is 42.7 Å². The Labute approximate surface area is 114 Å². The van der Waals surface area contributed by atoms with Crippen LogP contribution in [0.3, 0.4) is 0 Å². The van der Waals surface area contributed by atoms with Gasteiger partial charge in [0.2, 0.25) is 0 Å². The van der Waals surface area contributed by atoms with E-state index in [2.05, 4.69) is 35.8 Å². The molecule has 0 radical (unpaired) electrons. The number of hydrogen-bond donors (Lipinski definition) is 2. The van der Waals surface area contributed by atoms with Crippen LogP contribution in [0.4, 0.5) is 0 Å².